The van der Waals surface area contributed by atoms with Crippen LogP contribution in [0, 0.1) is 13.8 Å². The van der Waals surface area contributed by atoms with Gasteiger partial charge in [0.05, 0.1) is 18.5 Å². The van der Waals surface area contributed by atoms with Gasteiger partial charge in [0.25, 0.3) is 11.1 Å². The predicted octanol–water partition coefficient (Wildman–Crippen LogP) is 0.522. The lowest BCUT2D eigenvalue weighted by Crippen LogP contribution is -2.32. The largest absolute Gasteiger partial charge is 0.388 e. The van der Waals surface area contributed by atoms with Crippen LogP contribution in [-0.2, 0) is 16.5 Å². The summed E-state index contributed by atoms with van der Waals surface area (Å²) in [5, 5.41) is 41.6. The molecule has 0 aliphatic carbocycles. The van der Waals surface area contributed by atoms with Crippen LogP contribution in [0.4, 0.5) is 5.95 Å². The predicted molar refractivity (Wildman–Crippen MR) is 204 cm³/mol. The van der Waals surface area contributed by atoms with Crippen molar-refractivity contribution < 1.29 is 29.9 Å². The molecule has 0 radical (unpaired) electrons. The number of aliphatic hydroxyl groups is 4. The highest BCUT2D eigenvalue weighted by atomic mass is 31.2. The molecule has 7 N–H and O–H groups in total. The van der Waals surface area contributed by atoms with E-state index in [0.29, 0.717) is 30.1 Å². The van der Waals surface area contributed by atoms with Gasteiger partial charge in [-0.25, -0.2) is 19.9 Å². The zero-order chi connectivity index (χ0) is 37.0. The first-order valence-corrected chi connectivity index (χ1v) is 22.3. The number of rotatable bonds is 8. The molecule has 19 heteroatoms. The highest BCUT2D eigenvalue weighted by molar-refractivity contribution is 7.72. The highest BCUT2D eigenvalue weighted by Crippen LogP contribution is 2.41. The van der Waals surface area contributed by atoms with Gasteiger partial charge in [0.15, 0.2) is 34.8 Å². The van der Waals surface area contributed by atoms with Gasteiger partial charge in [0.1, 0.15) is 36.1 Å². The molecule has 2 saturated heterocycles. The van der Waals surface area contributed by atoms with Gasteiger partial charge in [-0.3, -0.25) is 23.3 Å². The Hall–Kier alpha value is -3.14. The topological polar surface area (TPSA) is 242 Å². The first-order chi connectivity index (χ1) is 23.2. The molecule has 2 aliphatic rings. The fourth-order valence-electron chi connectivity index (χ4n) is 6.03. The zero-order valence-corrected chi connectivity index (χ0v) is 31.3. The van der Waals surface area contributed by atoms with Crippen LogP contribution in [0.15, 0.2) is 15.9 Å². The maximum absolute atomic E-state index is 12.3. The molecule has 0 aromatic carbocycles. The number of hydrogen-bond acceptors (Lipinski definition) is 13. The molecule has 284 valence electrons. The lowest BCUT2D eigenvalue weighted by molar-refractivity contribution is -0.0353. The quantitative estimate of drug-likeness (QED) is 0.135. The molecule has 51 heavy (non-hydrogen) atoms. The monoisotopic (exact) mass is 753 g/mol. The molecule has 0 bridgehead atoms. The summed E-state index contributed by atoms with van der Waals surface area (Å²) in [5.74, 6) is 0.930. The lowest BCUT2D eigenvalue weighted by Gasteiger charge is -2.19. The van der Waals surface area contributed by atoms with Crippen LogP contribution in [-0.4, -0.2) is 147 Å². The van der Waals surface area contributed by atoms with Crippen molar-refractivity contribution in [2.45, 2.75) is 83.2 Å². The summed E-state index contributed by atoms with van der Waals surface area (Å²) in [6, 6.07) is 0. The van der Waals surface area contributed by atoms with Gasteiger partial charge in [-0.05, 0) is 65.7 Å². The normalized spacial score (nSPS) is 26.7. The van der Waals surface area contributed by atoms with Crippen molar-refractivity contribution >= 4 is 54.6 Å². The number of anilines is 1. The van der Waals surface area contributed by atoms with E-state index in [1.807, 2.05) is 0 Å². The minimum atomic E-state index is -1.28. The van der Waals surface area contributed by atoms with E-state index in [1.165, 1.54) is 20.0 Å². The summed E-state index contributed by atoms with van der Waals surface area (Å²) in [6.07, 6.45) is 5.46. The fourth-order valence-corrected chi connectivity index (χ4v) is 7.94. The Morgan fingerprint density at radius 3 is 1.92 bits per heavy atom. The number of nitrogens with two attached hydrogens (primary N) is 1. The number of aromatic nitrogens is 8. The highest BCUT2D eigenvalue weighted by Gasteiger charge is 2.46. The standard InChI is InChI=1S/C16H25N4O4P.C15H24N5O4P.CH4/c1-9-18-14-11(15(23)19(9)2)17-8-20(14)16-13(22)12(21)10(24-16)6-7-25(3,4)5;1-7-17-12-9(13(23)18-7)19-15(16)20(12)14-11(22)10(21)8(24-14)5-6-25(2,3)4;/h8,10,12-13,16,21-22H,3,6-7H2,1-2,4-5H3;8,10-11,14,21-22H,2,5-6H2,1,3-4H3,(H2,16,19)(H,17,18,23);1H4/t10-,12-,13?,16?;8-,10-,11?,14?;/m11./s1. The van der Waals surface area contributed by atoms with Crippen LogP contribution >= 0.6 is 13.8 Å². The first-order valence-electron chi connectivity index (χ1n) is 16.2. The Morgan fingerprint density at radius 2 is 1.37 bits per heavy atom. The second-order valence-electron chi connectivity index (χ2n) is 14.5. The first kappa shape index (κ1) is 40.6. The van der Waals surface area contributed by atoms with Gasteiger partial charge in [-0.2, -0.15) is 0 Å². The molecule has 2 aliphatic heterocycles. The van der Waals surface area contributed by atoms with Crippen molar-refractivity contribution in [1.82, 2.24) is 38.6 Å². The number of aliphatic hydroxyl groups excluding tert-OH is 4. The lowest BCUT2D eigenvalue weighted by atomic mass is 10.1. The number of nitrogens with zero attached hydrogens (tertiary/aromatic N) is 7. The summed E-state index contributed by atoms with van der Waals surface area (Å²) < 4.78 is 16.1. The molecule has 2 fully saturated rings. The van der Waals surface area contributed by atoms with Crippen LogP contribution in [0.2, 0.25) is 0 Å². The van der Waals surface area contributed by atoms with E-state index in [1.54, 1.807) is 20.9 Å². The van der Waals surface area contributed by atoms with E-state index in [4.69, 9.17) is 15.2 Å². The van der Waals surface area contributed by atoms with Gasteiger partial charge >= 0.3 is 0 Å². The number of ether oxygens (including phenoxy) is 2. The maximum Gasteiger partial charge on any atom is 0.281 e. The smallest absolute Gasteiger partial charge is 0.281 e. The number of aromatic amines is 1. The number of fused-ring (bicyclic) bond motifs is 2. The second-order valence-corrected chi connectivity index (χ2v) is 23.1. The van der Waals surface area contributed by atoms with Gasteiger partial charge in [0.2, 0.25) is 5.95 Å². The molecule has 0 spiro atoms. The number of nitrogens with one attached hydrogen (secondary N) is 1. The number of aryl methyl sites for hydroxylation is 2. The number of imidazole rings is 2. The van der Waals surface area contributed by atoms with Gasteiger partial charge in [-0.1, -0.05) is 7.43 Å². The van der Waals surface area contributed by atoms with E-state index >= 15 is 0 Å². The van der Waals surface area contributed by atoms with Gasteiger partial charge < -0.3 is 40.6 Å². The van der Waals surface area contributed by atoms with Gasteiger partial charge in [-0.15, -0.1) is 26.4 Å². The Labute approximate surface area is 296 Å². The Bertz CT molecular complexity index is 2100. The molecule has 4 aromatic rings. The van der Waals surface area contributed by atoms with E-state index < -0.39 is 68.4 Å². The molecular weight excluding hydrogens is 700 g/mol. The minimum Gasteiger partial charge on any atom is -0.388 e. The Morgan fingerprint density at radius 1 is 0.843 bits per heavy atom. The summed E-state index contributed by atoms with van der Waals surface area (Å²) in [5.41, 5.74) is 6.12. The van der Waals surface area contributed by atoms with Crippen LogP contribution in [0.1, 0.15) is 44.4 Å². The van der Waals surface area contributed by atoms with Crippen molar-refractivity contribution in [1.29, 1.82) is 0 Å². The average molecular weight is 754 g/mol. The summed E-state index contributed by atoms with van der Waals surface area (Å²) in [4.78, 5) is 43.7. The Kier molecular flexibility index (Phi) is 12.0. The van der Waals surface area contributed by atoms with E-state index in [0.717, 1.165) is 12.3 Å². The molecular formula is C32H53N9O8P2. The molecule has 17 nitrogen and oxygen atoms in total. The van der Waals surface area contributed by atoms with Crippen LogP contribution in [0.25, 0.3) is 22.3 Å². The maximum atomic E-state index is 12.3. The molecule has 4 aromatic heterocycles. The molecule has 0 amide bonds. The van der Waals surface area contributed by atoms with Crippen molar-refractivity contribution in [3.63, 3.8) is 0 Å². The number of H-pyrrole nitrogens is 1. The number of nitrogen functional groups attached to an aromatic ring is 1. The zero-order valence-electron chi connectivity index (χ0n) is 29.5. The minimum absolute atomic E-state index is 0. The van der Waals surface area contributed by atoms with Crippen molar-refractivity contribution in [3.8, 4) is 0 Å². The third-order valence-electron chi connectivity index (χ3n) is 8.97. The van der Waals surface area contributed by atoms with Crippen molar-refractivity contribution in [2.75, 3.05) is 44.7 Å². The van der Waals surface area contributed by atoms with Crippen LogP contribution in [0.3, 0.4) is 0 Å². The SMILES string of the molecule is C.C=P(C)(C)CC[C@H]1OC(n2c(N)nc3c(=O)[nH]c(C)nc32)C(O)[C@@H]1O.C=P(C)(C)CC[C@H]1OC(n2cnc3c(=O)n(C)c(C)nc32)C(O)[C@@H]1O. The third-order valence-corrected chi connectivity index (χ3v) is 11.9. The summed E-state index contributed by atoms with van der Waals surface area (Å²) in [7, 11) is 1.63. The van der Waals surface area contributed by atoms with E-state index in [9.17, 15) is 30.0 Å². The molecule has 6 heterocycles. The van der Waals surface area contributed by atoms with E-state index in [2.05, 4.69) is 64.2 Å². The average Bonchev–Trinajstić information content (AvgIpc) is 3.73. The summed E-state index contributed by atoms with van der Waals surface area (Å²) in [6.45, 7) is 9.27. The van der Waals surface area contributed by atoms with Crippen LogP contribution in [0.5, 0.6) is 0 Å². The third kappa shape index (κ3) is 8.42. The molecule has 8 atom stereocenters. The molecule has 4 unspecified atom stereocenters. The summed E-state index contributed by atoms with van der Waals surface area (Å²) >= 11 is 0. The Balaban J connectivity index is 0.000000224. The van der Waals surface area contributed by atoms with Crippen molar-refractivity contribution in [3.05, 3.63) is 38.7 Å². The van der Waals surface area contributed by atoms with Gasteiger partial charge in [0, 0.05) is 7.05 Å². The fraction of sp³-hybridized carbons (Fsp3) is 0.625. The number of hydrogen-bond donors (Lipinski definition) is 6. The van der Waals surface area contributed by atoms with Crippen LogP contribution < -0.4 is 16.9 Å². The second kappa shape index (κ2) is 15.1. The molecule has 6 rings (SSSR count). The molecule has 0 saturated carbocycles. The van der Waals surface area contributed by atoms with Crippen molar-refractivity contribution in [2.24, 2.45) is 7.05 Å². The van der Waals surface area contributed by atoms with E-state index in [-0.39, 0.29) is 35.6 Å².